The zero-order valence-electron chi connectivity index (χ0n) is 22.8. The minimum atomic E-state index is -0.746. The highest BCUT2D eigenvalue weighted by atomic mass is 32.2. The van der Waals surface area contributed by atoms with E-state index in [0.29, 0.717) is 6.42 Å². The molecule has 0 N–H and O–H groups in total. The van der Waals surface area contributed by atoms with Crippen molar-refractivity contribution in [3.05, 3.63) is 0 Å². The molecule has 1 fully saturated rings. The topological polar surface area (TPSA) is 52.6 Å². The van der Waals surface area contributed by atoms with Gasteiger partial charge in [0.25, 0.3) is 0 Å². The highest BCUT2D eigenvalue weighted by molar-refractivity contribution is 8.09. The van der Waals surface area contributed by atoms with Crippen LogP contribution in [0, 0.1) is 33.0 Å². The first-order chi connectivity index (χ1) is 13.5. The van der Waals surface area contributed by atoms with E-state index in [0.717, 1.165) is 0 Å². The molecule has 31 heavy (non-hydrogen) atoms. The minimum Gasteiger partial charge on any atom is -0.469 e. The van der Waals surface area contributed by atoms with Crippen molar-refractivity contribution < 1.29 is 19.1 Å². The van der Waals surface area contributed by atoms with Crippen molar-refractivity contribution in [3.63, 3.8) is 0 Å². The summed E-state index contributed by atoms with van der Waals surface area (Å²) in [7, 11) is 2.94. The van der Waals surface area contributed by atoms with Gasteiger partial charge in [-0.3, -0.25) is 9.59 Å². The largest absolute Gasteiger partial charge is 0.469 e. The van der Waals surface area contributed by atoms with Crippen LogP contribution in [0.1, 0.15) is 96.4 Å². The molecule has 1 aliphatic rings. The summed E-state index contributed by atoms with van der Waals surface area (Å²) in [5, 5.41) is 0. The summed E-state index contributed by atoms with van der Waals surface area (Å²) in [6.07, 6.45) is 0.667. The van der Waals surface area contributed by atoms with Gasteiger partial charge >= 0.3 is 11.9 Å². The highest BCUT2D eigenvalue weighted by Crippen LogP contribution is 2.72. The molecule has 0 aromatic carbocycles. The first-order valence-corrected chi connectivity index (χ1v) is 12.2. The van der Waals surface area contributed by atoms with Gasteiger partial charge < -0.3 is 9.47 Å². The van der Waals surface area contributed by atoms with Crippen molar-refractivity contribution in [2.45, 2.75) is 106 Å². The Morgan fingerprint density at radius 3 is 1.48 bits per heavy atom. The molecule has 1 rings (SSSR count). The van der Waals surface area contributed by atoms with Gasteiger partial charge in [0.05, 0.1) is 25.0 Å². The maximum atomic E-state index is 13.4. The minimum absolute atomic E-state index is 0.0208. The van der Waals surface area contributed by atoms with Crippen molar-refractivity contribution in [1.29, 1.82) is 0 Å². The van der Waals surface area contributed by atoms with E-state index in [2.05, 4.69) is 83.1 Å². The van der Waals surface area contributed by atoms with Crippen molar-refractivity contribution >= 4 is 23.7 Å². The number of thioether (sulfide) groups is 1. The van der Waals surface area contributed by atoms with Crippen molar-refractivity contribution in [3.8, 4) is 0 Å². The van der Waals surface area contributed by atoms with Gasteiger partial charge in [-0.05, 0) is 63.2 Å². The average Bonchev–Trinajstić information content (AvgIpc) is 3.14. The van der Waals surface area contributed by atoms with Crippen LogP contribution in [-0.2, 0) is 19.1 Å². The van der Waals surface area contributed by atoms with Crippen LogP contribution in [0.5, 0.6) is 0 Å². The Balaban J connectivity index is 3.59. The zero-order valence-corrected chi connectivity index (χ0v) is 23.6. The molecule has 0 bridgehead atoms. The third kappa shape index (κ3) is 4.06. The zero-order chi connectivity index (χ0) is 25.1. The predicted molar refractivity (Wildman–Crippen MR) is 131 cm³/mol. The second-order valence-electron chi connectivity index (χ2n) is 12.9. The van der Waals surface area contributed by atoms with E-state index in [1.165, 1.54) is 14.2 Å². The van der Waals surface area contributed by atoms with Crippen LogP contribution >= 0.6 is 11.8 Å². The fourth-order valence-electron chi connectivity index (χ4n) is 6.18. The average molecular weight is 457 g/mol. The van der Waals surface area contributed by atoms with E-state index in [4.69, 9.17) is 9.47 Å². The van der Waals surface area contributed by atoms with E-state index >= 15 is 0 Å². The van der Waals surface area contributed by atoms with E-state index in [-0.39, 0.29) is 32.8 Å². The van der Waals surface area contributed by atoms with Crippen LogP contribution in [0.4, 0.5) is 0 Å². The van der Waals surface area contributed by atoms with Crippen molar-refractivity contribution in [2.75, 3.05) is 14.2 Å². The van der Waals surface area contributed by atoms with E-state index in [1.54, 1.807) is 0 Å². The summed E-state index contributed by atoms with van der Waals surface area (Å²) in [5.41, 5.74) is -2.68. The maximum absolute atomic E-state index is 13.4. The van der Waals surface area contributed by atoms with Gasteiger partial charge in [0, 0.05) is 9.49 Å². The molecule has 0 spiro atoms. The van der Waals surface area contributed by atoms with Crippen LogP contribution in [0.3, 0.4) is 0 Å². The van der Waals surface area contributed by atoms with Gasteiger partial charge in [-0.25, -0.2) is 0 Å². The maximum Gasteiger partial charge on any atom is 0.312 e. The Labute approximate surface area is 196 Å². The molecule has 1 saturated heterocycles. The lowest BCUT2D eigenvalue weighted by molar-refractivity contribution is -0.181. The normalized spacial score (nSPS) is 26.3. The number of ether oxygens (including phenoxy) is 2. The molecule has 4 atom stereocenters. The molecule has 5 heteroatoms. The monoisotopic (exact) mass is 456 g/mol. The number of hydrogen-bond acceptors (Lipinski definition) is 5. The summed E-state index contributed by atoms with van der Waals surface area (Å²) >= 11 is 1.93. The van der Waals surface area contributed by atoms with Gasteiger partial charge in [0.15, 0.2) is 0 Å². The van der Waals surface area contributed by atoms with Crippen molar-refractivity contribution in [2.24, 2.45) is 33.0 Å². The summed E-state index contributed by atoms with van der Waals surface area (Å²) < 4.78 is 10.8. The molecule has 4 unspecified atom stereocenters. The van der Waals surface area contributed by atoms with E-state index in [9.17, 15) is 9.59 Å². The van der Waals surface area contributed by atoms with Gasteiger partial charge in [-0.2, -0.15) is 0 Å². The second-order valence-corrected chi connectivity index (χ2v) is 15.0. The molecule has 0 radical (unpaired) electrons. The molecular weight excluding hydrogens is 408 g/mol. The first-order valence-electron chi connectivity index (χ1n) is 11.4. The van der Waals surface area contributed by atoms with Crippen LogP contribution in [0.15, 0.2) is 0 Å². The summed E-state index contributed by atoms with van der Waals surface area (Å²) in [6, 6.07) is 0. The highest BCUT2D eigenvalue weighted by Gasteiger charge is 2.70. The van der Waals surface area contributed by atoms with Crippen LogP contribution in [0.25, 0.3) is 0 Å². The smallest absolute Gasteiger partial charge is 0.312 e. The first kappa shape index (κ1) is 28.3. The Kier molecular flexibility index (Phi) is 7.27. The fraction of sp³-hybridized carbons (Fsp3) is 0.923. The quantitative estimate of drug-likeness (QED) is 0.298. The van der Waals surface area contributed by atoms with Gasteiger partial charge in [-0.15, -0.1) is 11.8 Å². The Morgan fingerprint density at radius 2 is 1.19 bits per heavy atom. The Bertz CT molecular complexity index is 717. The lowest BCUT2D eigenvalue weighted by atomic mass is 9.47. The molecule has 0 saturated carbocycles. The summed E-state index contributed by atoms with van der Waals surface area (Å²) in [6.45, 7) is 27.9. The summed E-state index contributed by atoms with van der Waals surface area (Å²) in [4.78, 5) is 26.5. The van der Waals surface area contributed by atoms with Crippen LogP contribution in [0.2, 0.25) is 0 Å². The van der Waals surface area contributed by atoms with Gasteiger partial charge in [0.1, 0.15) is 0 Å². The molecule has 1 aliphatic heterocycles. The molecule has 0 amide bonds. The Morgan fingerprint density at radius 1 is 0.806 bits per heavy atom. The standard InChI is InChI=1S/C26H48O4S/c1-17(26(13)23(9,10)31-26)24(11,18(27)29-14)21(5,6)16-22(7,8)25(12,19(28)30-15)20(2,3)4/h17H,16H2,1-15H3. The van der Waals surface area contributed by atoms with Gasteiger partial charge in [0.2, 0.25) is 0 Å². The molecular formula is C26H48O4S. The number of hydrogen-bond donors (Lipinski definition) is 0. The van der Waals surface area contributed by atoms with Crippen molar-refractivity contribution in [1.82, 2.24) is 0 Å². The molecule has 0 aromatic heterocycles. The lowest BCUT2D eigenvalue weighted by Crippen LogP contribution is -2.57. The number of esters is 2. The Hall–Kier alpha value is -0.710. The van der Waals surface area contributed by atoms with E-state index in [1.807, 2.05) is 18.7 Å². The number of carbonyl (C=O) groups excluding carboxylic acids is 2. The van der Waals surface area contributed by atoms with Gasteiger partial charge in [-0.1, -0.05) is 55.4 Å². The number of carbonyl (C=O) groups is 2. The fourth-order valence-corrected chi connectivity index (χ4v) is 7.78. The predicted octanol–water partition coefficient (Wildman–Crippen LogP) is 6.75. The second kappa shape index (κ2) is 7.95. The third-order valence-corrected chi connectivity index (χ3v) is 11.7. The molecule has 1 heterocycles. The number of methoxy groups -OCH3 is 2. The third-order valence-electron chi connectivity index (χ3n) is 9.66. The van der Waals surface area contributed by atoms with Crippen LogP contribution < -0.4 is 0 Å². The molecule has 0 aliphatic carbocycles. The SMILES string of the molecule is COC(=O)C(C)(C(C)C1(C)SC1(C)C)C(C)(C)CC(C)(C)C(C)(C(=O)OC)C(C)(C)C. The summed E-state index contributed by atoms with van der Waals surface area (Å²) in [5.74, 6) is -0.308. The van der Waals surface area contributed by atoms with E-state index < -0.39 is 21.7 Å². The molecule has 4 nitrogen and oxygen atoms in total. The molecule has 0 aromatic rings. The number of rotatable bonds is 8. The lowest BCUT2D eigenvalue weighted by Gasteiger charge is -2.56. The molecule has 182 valence electrons. The van der Waals surface area contributed by atoms with Crippen LogP contribution in [-0.4, -0.2) is 35.7 Å².